The number of rotatable bonds is 2. The first-order valence-electron chi connectivity index (χ1n) is 5.60. The van der Waals surface area contributed by atoms with Gasteiger partial charge in [-0.25, -0.2) is 8.78 Å². The Balaban J connectivity index is 2.30. The molecule has 2 rings (SSSR count). The summed E-state index contributed by atoms with van der Waals surface area (Å²) in [5.74, 6) is -2.24. The van der Waals surface area contributed by atoms with Crippen LogP contribution in [0.4, 0.5) is 14.5 Å². The van der Waals surface area contributed by atoms with E-state index in [0.717, 1.165) is 22.2 Å². The summed E-state index contributed by atoms with van der Waals surface area (Å²) in [6.07, 6.45) is 0. The fraction of sp³-hybridized carbons (Fsp3) is 0.0714. The predicted octanol–water partition coefficient (Wildman–Crippen LogP) is 5.05. The molecule has 2 aromatic rings. The molecule has 0 aliphatic rings. The van der Waals surface area contributed by atoms with E-state index in [1.54, 1.807) is 18.2 Å². The van der Waals surface area contributed by atoms with E-state index in [-0.39, 0.29) is 4.47 Å². The monoisotopic (exact) mass is 403 g/mol. The van der Waals surface area contributed by atoms with Crippen molar-refractivity contribution in [2.75, 3.05) is 5.32 Å². The molecule has 0 fully saturated rings. The van der Waals surface area contributed by atoms with Crippen molar-refractivity contribution < 1.29 is 13.6 Å². The first kappa shape index (κ1) is 15.1. The van der Waals surface area contributed by atoms with Crippen molar-refractivity contribution in [3.05, 3.63) is 62.0 Å². The van der Waals surface area contributed by atoms with Crippen LogP contribution in [0.15, 0.2) is 39.3 Å². The molecule has 2 nitrogen and oxygen atoms in total. The summed E-state index contributed by atoms with van der Waals surface area (Å²) in [7, 11) is 0. The molecule has 0 unspecified atom stereocenters. The van der Waals surface area contributed by atoms with Gasteiger partial charge in [-0.15, -0.1) is 0 Å². The minimum Gasteiger partial charge on any atom is -0.317 e. The van der Waals surface area contributed by atoms with E-state index < -0.39 is 23.2 Å². The van der Waals surface area contributed by atoms with Crippen LogP contribution in [-0.2, 0) is 0 Å². The minimum atomic E-state index is -0.834. The molecule has 0 aromatic heterocycles. The summed E-state index contributed by atoms with van der Waals surface area (Å²) in [6.45, 7) is 1.82. The average Bonchev–Trinajstić information content (AvgIpc) is 2.36. The van der Waals surface area contributed by atoms with E-state index in [2.05, 4.69) is 37.2 Å². The lowest BCUT2D eigenvalue weighted by Crippen LogP contribution is -2.14. The van der Waals surface area contributed by atoms with E-state index in [1.807, 2.05) is 6.92 Å². The number of anilines is 1. The summed E-state index contributed by atoms with van der Waals surface area (Å²) in [4.78, 5) is 12.0. The van der Waals surface area contributed by atoms with Gasteiger partial charge in [0.25, 0.3) is 5.91 Å². The van der Waals surface area contributed by atoms with Gasteiger partial charge in [-0.1, -0.05) is 31.9 Å². The third kappa shape index (κ3) is 3.24. The van der Waals surface area contributed by atoms with Gasteiger partial charge in [0.05, 0.1) is 0 Å². The Morgan fingerprint density at radius 2 is 1.70 bits per heavy atom. The predicted molar refractivity (Wildman–Crippen MR) is 80.9 cm³/mol. The standard InChI is InChI=1S/C14H9Br2F2NO/c1-7-4-8(2-3-10(7)16)14(20)19-13-11(17)5-9(15)6-12(13)18/h2-6H,1H3,(H,19,20). The molecular weight excluding hydrogens is 396 g/mol. The van der Waals surface area contributed by atoms with Crippen molar-refractivity contribution in [1.82, 2.24) is 0 Å². The largest absolute Gasteiger partial charge is 0.317 e. The van der Waals surface area contributed by atoms with Crippen LogP contribution in [-0.4, -0.2) is 5.91 Å². The van der Waals surface area contributed by atoms with Crippen LogP contribution >= 0.6 is 31.9 Å². The molecule has 0 radical (unpaired) electrons. The Labute approximate surface area is 131 Å². The van der Waals surface area contributed by atoms with Crippen molar-refractivity contribution in [2.24, 2.45) is 0 Å². The molecule has 0 heterocycles. The third-order valence-corrected chi connectivity index (χ3v) is 4.01. The highest BCUT2D eigenvalue weighted by Gasteiger charge is 2.15. The molecule has 0 saturated carbocycles. The van der Waals surface area contributed by atoms with E-state index in [4.69, 9.17) is 0 Å². The highest BCUT2D eigenvalue weighted by Crippen LogP contribution is 2.25. The van der Waals surface area contributed by atoms with Crippen LogP contribution in [0.3, 0.4) is 0 Å². The second-order valence-corrected chi connectivity index (χ2v) is 5.93. The van der Waals surface area contributed by atoms with Gasteiger partial charge in [-0.3, -0.25) is 4.79 Å². The molecule has 0 bridgehead atoms. The van der Waals surface area contributed by atoms with Gasteiger partial charge in [0.15, 0.2) is 11.6 Å². The number of halogens is 4. The number of carbonyl (C=O) groups excluding carboxylic acids is 1. The molecule has 0 aliphatic heterocycles. The Hall–Kier alpha value is -1.27. The number of benzene rings is 2. The molecule has 104 valence electrons. The van der Waals surface area contributed by atoms with Crippen LogP contribution in [0.2, 0.25) is 0 Å². The molecule has 1 amide bonds. The third-order valence-electron chi connectivity index (χ3n) is 2.67. The Morgan fingerprint density at radius 1 is 1.10 bits per heavy atom. The van der Waals surface area contributed by atoms with Crippen molar-refractivity contribution in [1.29, 1.82) is 0 Å². The first-order valence-corrected chi connectivity index (χ1v) is 7.19. The van der Waals surface area contributed by atoms with Gasteiger partial charge < -0.3 is 5.32 Å². The van der Waals surface area contributed by atoms with Gasteiger partial charge in [0, 0.05) is 14.5 Å². The molecule has 0 aliphatic carbocycles. The zero-order valence-electron chi connectivity index (χ0n) is 10.3. The molecule has 2 aromatic carbocycles. The Bertz CT molecular complexity index is 666. The Kier molecular flexibility index (Phi) is 4.55. The summed E-state index contributed by atoms with van der Waals surface area (Å²) in [6, 6.07) is 7.09. The fourth-order valence-electron chi connectivity index (χ4n) is 1.63. The minimum absolute atomic E-state index is 0.269. The lowest BCUT2D eigenvalue weighted by atomic mass is 10.1. The summed E-state index contributed by atoms with van der Waals surface area (Å²) >= 11 is 6.30. The zero-order valence-corrected chi connectivity index (χ0v) is 13.5. The van der Waals surface area contributed by atoms with Crippen LogP contribution in [0.5, 0.6) is 0 Å². The quantitative estimate of drug-likeness (QED) is 0.745. The van der Waals surface area contributed by atoms with Gasteiger partial charge in [0.2, 0.25) is 0 Å². The molecule has 6 heteroatoms. The van der Waals surface area contributed by atoms with Gasteiger partial charge >= 0.3 is 0 Å². The topological polar surface area (TPSA) is 29.1 Å². The highest BCUT2D eigenvalue weighted by atomic mass is 79.9. The van der Waals surface area contributed by atoms with Crippen LogP contribution in [0.25, 0.3) is 0 Å². The molecule has 1 N–H and O–H groups in total. The second kappa shape index (κ2) is 6.01. The normalized spacial score (nSPS) is 10.4. The lowest BCUT2D eigenvalue weighted by molar-refractivity contribution is 0.102. The van der Waals surface area contributed by atoms with Gasteiger partial charge in [0.1, 0.15) is 5.69 Å². The van der Waals surface area contributed by atoms with E-state index in [0.29, 0.717) is 5.56 Å². The summed E-state index contributed by atoms with van der Waals surface area (Å²) in [5, 5.41) is 2.24. The van der Waals surface area contributed by atoms with Crippen molar-refractivity contribution in [3.63, 3.8) is 0 Å². The lowest BCUT2D eigenvalue weighted by Gasteiger charge is -2.09. The Morgan fingerprint density at radius 3 is 2.25 bits per heavy atom. The molecular formula is C14H9Br2F2NO. The number of nitrogens with one attached hydrogen (secondary N) is 1. The maximum absolute atomic E-state index is 13.6. The zero-order chi connectivity index (χ0) is 14.9. The van der Waals surface area contributed by atoms with Crippen molar-refractivity contribution in [2.45, 2.75) is 6.92 Å². The first-order chi connectivity index (χ1) is 9.38. The average molecular weight is 405 g/mol. The second-order valence-electron chi connectivity index (χ2n) is 4.16. The summed E-state index contributed by atoms with van der Waals surface area (Å²) < 4.78 is 28.4. The maximum Gasteiger partial charge on any atom is 0.255 e. The number of hydrogen-bond acceptors (Lipinski definition) is 1. The van der Waals surface area contributed by atoms with Crippen molar-refractivity contribution >= 4 is 43.5 Å². The molecule has 0 saturated heterocycles. The van der Waals surface area contributed by atoms with Crippen LogP contribution in [0.1, 0.15) is 15.9 Å². The van der Waals surface area contributed by atoms with Gasteiger partial charge in [-0.2, -0.15) is 0 Å². The fourth-order valence-corrected chi connectivity index (χ4v) is 2.28. The van der Waals surface area contributed by atoms with E-state index in [9.17, 15) is 13.6 Å². The molecule has 0 spiro atoms. The van der Waals surface area contributed by atoms with Gasteiger partial charge in [-0.05, 0) is 42.8 Å². The smallest absolute Gasteiger partial charge is 0.255 e. The van der Waals surface area contributed by atoms with E-state index >= 15 is 0 Å². The number of hydrogen-bond donors (Lipinski definition) is 1. The summed E-state index contributed by atoms with van der Waals surface area (Å²) in [5.41, 5.74) is 0.723. The van der Waals surface area contributed by atoms with E-state index in [1.165, 1.54) is 0 Å². The van der Waals surface area contributed by atoms with Crippen molar-refractivity contribution in [3.8, 4) is 0 Å². The molecule has 20 heavy (non-hydrogen) atoms. The highest BCUT2D eigenvalue weighted by molar-refractivity contribution is 9.10. The maximum atomic E-state index is 13.6. The van der Waals surface area contributed by atoms with Crippen LogP contribution in [0, 0.1) is 18.6 Å². The SMILES string of the molecule is Cc1cc(C(=O)Nc2c(F)cc(Br)cc2F)ccc1Br. The number of amides is 1. The number of aryl methyl sites for hydroxylation is 1. The number of carbonyl (C=O) groups is 1. The van der Waals surface area contributed by atoms with Crippen LogP contribution < -0.4 is 5.32 Å². The molecule has 0 atom stereocenters.